The third-order valence-corrected chi connectivity index (χ3v) is 3.22. The van der Waals surface area contributed by atoms with E-state index >= 15 is 0 Å². The van der Waals surface area contributed by atoms with Gasteiger partial charge in [-0.1, -0.05) is 6.07 Å². The topological polar surface area (TPSA) is 75.9 Å². The molecule has 0 atom stereocenters. The number of halogens is 1. The number of rotatable bonds is 3. The van der Waals surface area contributed by atoms with Crippen molar-refractivity contribution < 1.29 is 14.3 Å². The summed E-state index contributed by atoms with van der Waals surface area (Å²) >= 11 is 0. The molecule has 0 saturated carbocycles. The molecule has 21 heavy (non-hydrogen) atoms. The largest absolute Gasteiger partial charge is 0.399 e. The van der Waals surface area contributed by atoms with Gasteiger partial charge < -0.3 is 20.3 Å². The fourth-order valence-corrected chi connectivity index (χ4v) is 2.08. The van der Waals surface area contributed by atoms with E-state index in [1.807, 2.05) is 0 Å². The van der Waals surface area contributed by atoms with Crippen molar-refractivity contribution in [2.24, 2.45) is 0 Å². The highest BCUT2D eigenvalue weighted by Gasteiger charge is 2.21. The van der Waals surface area contributed by atoms with Gasteiger partial charge in [0.05, 0.1) is 19.8 Å². The molecule has 0 bridgehead atoms. The van der Waals surface area contributed by atoms with Gasteiger partial charge in [-0.05, 0) is 18.2 Å². The van der Waals surface area contributed by atoms with Crippen LogP contribution in [0.3, 0.4) is 0 Å². The summed E-state index contributed by atoms with van der Waals surface area (Å²) in [6.07, 6.45) is 0. The van der Waals surface area contributed by atoms with Gasteiger partial charge in [-0.3, -0.25) is 9.59 Å². The second-order valence-electron chi connectivity index (χ2n) is 4.78. The number of amides is 2. The first-order valence-corrected chi connectivity index (χ1v) is 6.54. The Morgan fingerprint density at radius 3 is 2.62 bits per heavy atom. The van der Waals surface area contributed by atoms with Crippen LogP contribution in [0.1, 0.15) is 10.4 Å². The Labute approximate surface area is 130 Å². The molecule has 2 amide bonds. The maximum Gasteiger partial charge on any atom is 0.254 e. The fraction of sp³-hybridized carbons (Fsp3) is 0.429. The molecule has 6 nitrogen and oxygen atoms in total. The minimum atomic E-state index is -0.209. The molecule has 0 unspecified atom stereocenters. The summed E-state index contributed by atoms with van der Waals surface area (Å²) in [5.41, 5.74) is 6.67. The molecule has 1 heterocycles. The monoisotopic (exact) mass is 313 g/mol. The highest BCUT2D eigenvalue weighted by Crippen LogP contribution is 2.09. The van der Waals surface area contributed by atoms with Crippen LogP contribution in [-0.4, -0.2) is 61.5 Å². The van der Waals surface area contributed by atoms with Crippen molar-refractivity contribution in [2.75, 3.05) is 45.6 Å². The van der Waals surface area contributed by atoms with Crippen LogP contribution in [0.2, 0.25) is 0 Å². The molecule has 7 heteroatoms. The molecule has 116 valence electrons. The van der Waals surface area contributed by atoms with Gasteiger partial charge in [0.2, 0.25) is 5.91 Å². The standard InChI is InChI=1S/C14H19N3O3.ClH/c1-16(10-13(18)17-5-7-20-8-6-17)14(19)11-3-2-4-12(15)9-11;/h2-4,9H,5-8,10,15H2,1H3;1H. The molecule has 2 rings (SSSR count). The van der Waals surface area contributed by atoms with Crippen LogP contribution in [0, 0.1) is 0 Å². The lowest BCUT2D eigenvalue weighted by Crippen LogP contribution is -2.46. The number of nitrogens with two attached hydrogens (primary N) is 1. The van der Waals surface area contributed by atoms with Crippen molar-refractivity contribution in [2.45, 2.75) is 0 Å². The Bertz CT molecular complexity index is 504. The van der Waals surface area contributed by atoms with Crippen molar-refractivity contribution in [1.29, 1.82) is 0 Å². The van der Waals surface area contributed by atoms with Crippen LogP contribution >= 0.6 is 12.4 Å². The fourth-order valence-electron chi connectivity index (χ4n) is 2.08. The molecule has 0 aliphatic carbocycles. The third-order valence-electron chi connectivity index (χ3n) is 3.22. The van der Waals surface area contributed by atoms with Crippen LogP contribution < -0.4 is 5.73 Å². The van der Waals surface area contributed by atoms with Gasteiger partial charge in [0, 0.05) is 31.4 Å². The van der Waals surface area contributed by atoms with Crippen LogP contribution in [-0.2, 0) is 9.53 Å². The molecule has 1 saturated heterocycles. The Morgan fingerprint density at radius 2 is 2.00 bits per heavy atom. The van der Waals surface area contributed by atoms with E-state index in [1.54, 1.807) is 36.2 Å². The number of hydrogen-bond acceptors (Lipinski definition) is 4. The third kappa shape index (κ3) is 4.61. The average molecular weight is 314 g/mol. The first-order chi connectivity index (χ1) is 9.58. The summed E-state index contributed by atoms with van der Waals surface area (Å²) in [5.74, 6) is -0.271. The predicted molar refractivity (Wildman–Crippen MR) is 82.5 cm³/mol. The average Bonchev–Trinajstić information content (AvgIpc) is 2.47. The minimum absolute atomic E-state index is 0. The van der Waals surface area contributed by atoms with E-state index in [2.05, 4.69) is 0 Å². The van der Waals surface area contributed by atoms with Gasteiger partial charge >= 0.3 is 0 Å². The summed E-state index contributed by atoms with van der Waals surface area (Å²) in [5, 5.41) is 0. The molecule has 1 aromatic rings. The van der Waals surface area contributed by atoms with E-state index < -0.39 is 0 Å². The number of nitrogens with zero attached hydrogens (tertiary/aromatic N) is 2. The zero-order valence-electron chi connectivity index (χ0n) is 11.9. The molecule has 0 radical (unpaired) electrons. The van der Waals surface area contributed by atoms with Crippen LogP contribution in [0.5, 0.6) is 0 Å². The smallest absolute Gasteiger partial charge is 0.254 e. The van der Waals surface area contributed by atoms with E-state index in [1.165, 1.54) is 4.90 Å². The first-order valence-electron chi connectivity index (χ1n) is 6.54. The summed E-state index contributed by atoms with van der Waals surface area (Å²) in [6.45, 7) is 2.34. The lowest BCUT2D eigenvalue weighted by atomic mass is 10.2. The second-order valence-corrected chi connectivity index (χ2v) is 4.78. The Hall–Kier alpha value is -1.79. The van der Waals surface area contributed by atoms with E-state index in [0.717, 1.165) is 0 Å². The Balaban J connectivity index is 0.00000220. The van der Waals surface area contributed by atoms with E-state index in [-0.39, 0.29) is 30.8 Å². The van der Waals surface area contributed by atoms with Crippen LogP contribution in [0.15, 0.2) is 24.3 Å². The van der Waals surface area contributed by atoms with E-state index in [0.29, 0.717) is 37.6 Å². The Morgan fingerprint density at radius 1 is 1.33 bits per heavy atom. The molecule has 1 fully saturated rings. The highest BCUT2D eigenvalue weighted by molar-refractivity contribution is 5.97. The predicted octanol–water partition coefficient (Wildman–Crippen LogP) is 0.621. The summed E-state index contributed by atoms with van der Waals surface area (Å²) in [6, 6.07) is 6.74. The van der Waals surface area contributed by atoms with Crippen molar-refractivity contribution in [3.63, 3.8) is 0 Å². The maximum absolute atomic E-state index is 12.2. The van der Waals surface area contributed by atoms with Crippen LogP contribution in [0.25, 0.3) is 0 Å². The number of carbonyl (C=O) groups is 2. The number of benzene rings is 1. The normalized spacial score (nSPS) is 14.2. The molecule has 0 spiro atoms. The van der Waals surface area contributed by atoms with Gasteiger partial charge in [0.1, 0.15) is 0 Å². The van der Waals surface area contributed by atoms with Gasteiger partial charge in [-0.15, -0.1) is 12.4 Å². The van der Waals surface area contributed by atoms with Crippen LogP contribution in [0.4, 0.5) is 5.69 Å². The number of carbonyl (C=O) groups excluding carboxylic acids is 2. The number of likely N-dealkylation sites (N-methyl/N-ethyl adjacent to an activating group) is 1. The quantitative estimate of drug-likeness (QED) is 0.830. The summed E-state index contributed by atoms with van der Waals surface area (Å²) in [7, 11) is 1.61. The summed E-state index contributed by atoms with van der Waals surface area (Å²) < 4.78 is 5.20. The van der Waals surface area contributed by atoms with Crippen molar-refractivity contribution in [3.05, 3.63) is 29.8 Å². The molecule has 0 aromatic heterocycles. The lowest BCUT2D eigenvalue weighted by Gasteiger charge is -2.28. The molecular formula is C14H20ClN3O3. The highest BCUT2D eigenvalue weighted by atomic mass is 35.5. The second kappa shape index (κ2) is 7.85. The number of anilines is 1. The van der Waals surface area contributed by atoms with Crippen molar-refractivity contribution in [1.82, 2.24) is 9.80 Å². The number of hydrogen-bond donors (Lipinski definition) is 1. The van der Waals surface area contributed by atoms with Gasteiger partial charge in [0.25, 0.3) is 5.91 Å². The van der Waals surface area contributed by atoms with Gasteiger partial charge in [-0.25, -0.2) is 0 Å². The molecule has 1 aliphatic heterocycles. The number of nitrogen functional groups attached to an aromatic ring is 1. The molecular weight excluding hydrogens is 294 g/mol. The number of morpholine rings is 1. The zero-order valence-corrected chi connectivity index (χ0v) is 12.8. The molecule has 1 aliphatic rings. The summed E-state index contributed by atoms with van der Waals surface area (Å²) in [4.78, 5) is 27.4. The van der Waals surface area contributed by atoms with Crippen molar-refractivity contribution >= 4 is 29.9 Å². The minimum Gasteiger partial charge on any atom is -0.399 e. The van der Waals surface area contributed by atoms with E-state index in [4.69, 9.17) is 10.5 Å². The first kappa shape index (κ1) is 17.3. The number of ether oxygens (including phenoxy) is 1. The lowest BCUT2D eigenvalue weighted by molar-refractivity contribution is -0.135. The maximum atomic E-state index is 12.2. The van der Waals surface area contributed by atoms with Gasteiger partial charge in [-0.2, -0.15) is 0 Å². The molecule has 1 aromatic carbocycles. The van der Waals surface area contributed by atoms with E-state index in [9.17, 15) is 9.59 Å². The van der Waals surface area contributed by atoms with Crippen molar-refractivity contribution in [3.8, 4) is 0 Å². The SMILES string of the molecule is CN(CC(=O)N1CCOCC1)C(=O)c1cccc(N)c1.Cl. The Kier molecular flexibility index (Phi) is 6.45. The zero-order chi connectivity index (χ0) is 14.5. The molecule has 2 N–H and O–H groups in total. The van der Waals surface area contributed by atoms with Gasteiger partial charge in [0.15, 0.2) is 0 Å².